The fraction of sp³-hybridized carbons (Fsp3) is 0.231. The van der Waals surface area contributed by atoms with E-state index >= 15 is 0 Å². The molecule has 0 aliphatic rings. The molecule has 0 aliphatic carbocycles. The molecular formula is C13H16N4O. The zero-order valence-electron chi connectivity index (χ0n) is 10.5. The molecule has 94 valence electrons. The Hall–Kier alpha value is -2.30. The number of aromatic nitrogens is 2. The van der Waals surface area contributed by atoms with Gasteiger partial charge < -0.3 is 15.2 Å². The third-order valence-electron chi connectivity index (χ3n) is 2.78. The molecule has 0 radical (unpaired) electrons. The van der Waals surface area contributed by atoms with Crippen molar-refractivity contribution in [2.45, 2.75) is 6.54 Å². The molecule has 0 atom stereocenters. The van der Waals surface area contributed by atoms with Gasteiger partial charge in [0.1, 0.15) is 5.69 Å². The summed E-state index contributed by atoms with van der Waals surface area (Å²) < 4.78 is 1.71. The molecule has 0 spiro atoms. The minimum Gasteiger partial charge on any atom is -0.399 e. The number of hydrogen-bond donors (Lipinski definition) is 1. The van der Waals surface area contributed by atoms with E-state index in [0.29, 0.717) is 12.2 Å². The summed E-state index contributed by atoms with van der Waals surface area (Å²) in [5, 5.41) is 0. The molecule has 1 aromatic carbocycles. The van der Waals surface area contributed by atoms with Gasteiger partial charge >= 0.3 is 0 Å². The van der Waals surface area contributed by atoms with Gasteiger partial charge in [0.15, 0.2) is 0 Å². The van der Waals surface area contributed by atoms with Crippen LogP contribution < -0.4 is 5.73 Å². The van der Waals surface area contributed by atoms with Gasteiger partial charge in [-0.15, -0.1) is 0 Å². The van der Waals surface area contributed by atoms with Crippen molar-refractivity contribution in [3.63, 3.8) is 0 Å². The molecule has 0 saturated carbocycles. The van der Waals surface area contributed by atoms with Gasteiger partial charge in [0.2, 0.25) is 0 Å². The van der Waals surface area contributed by atoms with Crippen molar-refractivity contribution in [1.82, 2.24) is 14.5 Å². The van der Waals surface area contributed by atoms with E-state index in [1.54, 1.807) is 36.1 Å². The number of nitrogens with two attached hydrogens (primary N) is 1. The molecular weight excluding hydrogens is 228 g/mol. The summed E-state index contributed by atoms with van der Waals surface area (Å²) in [4.78, 5) is 17.7. The molecule has 0 saturated heterocycles. The molecule has 1 amide bonds. The number of amides is 1. The highest BCUT2D eigenvalue weighted by molar-refractivity contribution is 5.92. The Kier molecular flexibility index (Phi) is 3.32. The number of carbonyl (C=O) groups excluding carboxylic acids is 1. The molecule has 0 aliphatic heterocycles. The van der Waals surface area contributed by atoms with Crippen LogP contribution in [0.5, 0.6) is 0 Å². The lowest BCUT2D eigenvalue weighted by atomic mass is 10.2. The van der Waals surface area contributed by atoms with Crippen molar-refractivity contribution >= 4 is 11.6 Å². The molecule has 2 rings (SSSR count). The van der Waals surface area contributed by atoms with Gasteiger partial charge in [0.05, 0.1) is 12.5 Å². The molecule has 0 unspecified atom stereocenters. The largest absolute Gasteiger partial charge is 0.399 e. The minimum atomic E-state index is -0.0492. The highest BCUT2D eigenvalue weighted by Gasteiger charge is 2.14. The highest BCUT2D eigenvalue weighted by atomic mass is 16.2. The summed E-state index contributed by atoms with van der Waals surface area (Å²) in [5.41, 5.74) is 7.96. The van der Waals surface area contributed by atoms with E-state index in [9.17, 15) is 4.79 Å². The first-order chi connectivity index (χ1) is 8.58. The Morgan fingerprint density at radius 2 is 2.06 bits per heavy atom. The third kappa shape index (κ3) is 2.51. The lowest BCUT2D eigenvalue weighted by Gasteiger charge is -2.17. The van der Waals surface area contributed by atoms with Crippen molar-refractivity contribution in [2.75, 3.05) is 12.8 Å². The van der Waals surface area contributed by atoms with Crippen molar-refractivity contribution in [3.05, 3.63) is 48.0 Å². The molecule has 2 aromatic rings. The SMILES string of the molecule is CN(Cc1ccc(N)cc1)C(=O)c1cncn1C. The van der Waals surface area contributed by atoms with Gasteiger partial charge in [-0.2, -0.15) is 0 Å². The van der Waals surface area contributed by atoms with Crippen molar-refractivity contribution in [2.24, 2.45) is 7.05 Å². The lowest BCUT2D eigenvalue weighted by molar-refractivity contribution is 0.0775. The number of hydrogen-bond acceptors (Lipinski definition) is 3. The molecule has 18 heavy (non-hydrogen) atoms. The first kappa shape index (κ1) is 12.2. The van der Waals surface area contributed by atoms with Gasteiger partial charge in [-0.3, -0.25) is 4.79 Å². The third-order valence-corrected chi connectivity index (χ3v) is 2.78. The Morgan fingerprint density at radius 3 is 2.61 bits per heavy atom. The number of nitrogen functional groups attached to an aromatic ring is 1. The second kappa shape index (κ2) is 4.91. The van der Waals surface area contributed by atoms with Gasteiger partial charge in [0.25, 0.3) is 5.91 Å². The number of nitrogens with zero attached hydrogens (tertiary/aromatic N) is 3. The maximum absolute atomic E-state index is 12.1. The smallest absolute Gasteiger partial charge is 0.272 e. The van der Waals surface area contributed by atoms with E-state index in [4.69, 9.17) is 5.73 Å². The summed E-state index contributed by atoms with van der Waals surface area (Å²) in [6, 6.07) is 7.50. The lowest BCUT2D eigenvalue weighted by Crippen LogP contribution is -2.27. The zero-order valence-corrected chi connectivity index (χ0v) is 10.5. The number of anilines is 1. The molecule has 1 heterocycles. The van der Waals surface area contributed by atoms with E-state index in [1.807, 2.05) is 24.3 Å². The van der Waals surface area contributed by atoms with Crippen LogP contribution in [-0.2, 0) is 13.6 Å². The number of rotatable bonds is 3. The average Bonchev–Trinajstić information content (AvgIpc) is 2.77. The Bertz CT molecular complexity index is 544. The normalized spacial score (nSPS) is 10.3. The summed E-state index contributed by atoms with van der Waals surface area (Å²) in [6.07, 6.45) is 3.19. The summed E-state index contributed by atoms with van der Waals surface area (Å²) >= 11 is 0. The van der Waals surface area contributed by atoms with Crippen LogP contribution in [-0.4, -0.2) is 27.4 Å². The van der Waals surface area contributed by atoms with E-state index in [1.165, 1.54) is 0 Å². The first-order valence-electron chi connectivity index (χ1n) is 5.64. The second-order valence-corrected chi connectivity index (χ2v) is 4.29. The number of imidazole rings is 1. The van der Waals surface area contributed by atoms with Crippen LogP contribution in [0.25, 0.3) is 0 Å². The van der Waals surface area contributed by atoms with Crippen LogP contribution in [0.15, 0.2) is 36.8 Å². The van der Waals surface area contributed by atoms with Crippen LogP contribution in [0.2, 0.25) is 0 Å². The van der Waals surface area contributed by atoms with Gasteiger partial charge in [-0.25, -0.2) is 4.98 Å². The topological polar surface area (TPSA) is 64.2 Å². The van der Waals surface area contributed by atoms with Crippen LogP contribution in [0.3, 0.4) is 0 Å². The van der Waals surface area contributed by atoms with Crippen molar-refractivity contribution < 1.29 is 4.79 Å². The fourth-order valence-electron chi connectivity index (χ4n) is 1.73. The first-order valence-corrected chi connectivity index (χ1v) is 5.64. The fourth-order valence-corrected chi connectivity index (χ4v) is 1.73. The maximum atomic E-state index is 12.1. The van der Waals surface area contributed by atoms with Crippen LogP contribution in [0, 0.1) is 0 Å². The Labute approximate surface area is 106 Å². The Balaban J connectivity index is 2.08. The molecule has 5 heteroatoms. The van der Waals surface area contributed by atoms with E-state index in [0.717, 1.165) is 11.3 Å². The molecule has 0 bridgehead atoms. The molecule has 5 nitrogen and oxygen atoms in total. The van der Waals surface area contributed by atoms with Crippen LogP contribution >= 0.6 is 0 Å². The van der Waals surface area contributed by atoms with E-state index < -0.39 is 0 Å². The molecule has 1 aromatic heterocycles. The monoisotopic (exact) mass is 244 g/mol. The van der Waals surface area contributed by atoms with E-state index in [-0.39, 0.29) is 5.91 Å². The zero-order chi connectivity index (χ0) is 13.1. The quantitative estimate of drug-likeness (QED) is 0.827. The number of carbonyl (C=O) groups is 1. The summed E-state index contributed by atoms with van der Waals surface area (Å²) in [5.74, 6) is -0.0492. The van der Waals surface area contributed by atoms with Crippen LogP contribution in [0.1, 0.15) is 16.1 Å². The predicted molar refractivity (Wildman–Crippen MR) is 69.9 cm³/mol. The Morgan fingerprint density at radius 1 is 1.39 bits per heavy atom. The number of benzene rings is 1. The summed E-state index contributed by atoms with van der Waals surface area (Å²) in [7, 11) is 3.57. The van der Waals surface area contributed by atoms with E-state index in [2.05, 4.69) is 4.98 Å². The molecule has 2 N–H and O–H groups in total. The standard InChI is InChI=1S/C13H16N4O/c1-16(8-10-3-5-11(14)6-4-10)13(18)12-7-15-9-17(12)2/h3-7,9H,8,14H2,1-2H3. The number of aryl methyl sites for hydroxylation is 1. The van der Waals surface area contributed by atoms with Gasteiger partial charge in [-0.05, 0) is 17.7 Å². The minimum absolute atomic E-state index is 0.0492. The van der Waals surface area contributed by atoms with Gasteiger partial charge in [-0.1, -0.05) is 12.1 Å². The summed E-state index contributed by atoms with van der Waals surface area (Å²) in [6.45, 7) is 0.546. The van der Waals surface area contributed by atoms with Crippen LogP contribution in [0.4, 0.5) is 5.69 Å². The van der Waals surface area contributed by atoms with Gasteiger partial charge in [0, 0.05) is 26.3 Å². The average molecular weight is 244 g/mol. The second-order valence-electron chi connectivity index (χ2n) is 4.29. The highest BCUT2D eigenvalue weighted by Crippen LogP contribution is 2.10. The predicted octanol–water partition coefficient (Wildman–Crippen LogP) is 1.27. The molecule has 0 fully saturated rings. The van der Waals surface area contributed by atoms with Crippen molar-refractivity contribution in [3.8, 4) is 0 Å². The van der Waals surface area contributed by atoms with Crippen molar-refractivity contribution in [1.29, 1.82) is 0 Å². The maximum Gasteiger partial charge on any atom is 0.272 e.